The fraction of sp³-hybridized carbons (Fsp3) is 0.321. The molecule has 6 nitrogen and oxygen atoms in total. The number of hydrogen-bond donors (Lipinski definition) is 1. The number of amides is 1. The number of sulfonamides is 1. The Morgan fingerprint density at radius 3 is 2.30 bits per heavy atom. The smallest absolute Gasteiger partial charge is 0.264 e. The molecule has 3 aromatic rings. The molecule has 1 saturated heterocycles. The number of halogens is 2. The van der Waals surface area contributed by atoms with E-state index in [4.69, 9.17) is 23.2 Å². The molecule has 0 aromatic heterocycles. The minimum absolute atomic E-state index is 0.0505. The maximum absolute atomic E-state index is 13.5. The minimum atomic E-state index is -4.09. The van der Waals surface area contributed by atoms with Gasteiger partial charge in [0.25, 0.3) is 10.0 Å². The summed E-state index contributed by atoms with van der Waals surface area (Å²) in [6.45, 7) is 5.80. The van der Waals surface area contributed by atoms with E-state index in [1.807, 2.05) is 19.1 Å². The van der Waals surface area contributed by atoms with Crippen molar-refractivity contribution < 1.29 is 13.2 Å². The average molecular weight is 561 g/mol. The molecule has 4 rings (SSSR count). The van der Waals surface area contributed by atoms with Crippen LogP contribution < -0.4 is 14.5 Å². The predicted octanol–water partition coefficient (Wildman–Crippen LogP) is 6.30. The molecule has 1 amide bonds. The first-order chi connectivity index (χ1) is 17.7. The highest BCUT2D eigenvalue weighted by Crippen LogP contribution is 2.35. The number of rotatable bonds is 8. The predicted molar refractivity (Wildman–Crippen MR) is 151 cm³/mol. The molecule has 9 heteroatoms. The Bertz CT molecular complexity index is 1330. The summed E-state index contributed by atoms with van der Waals surface area (Å²) in [5, 5.41) is 3.18. The molecule has 1 aliphatic rings. The fourth-order valence-corrected chi connectivity index (χ4v) is 6.35. The molecule has 1 heterocycles. The highest BCUT2D eigenvalue weighted by molar-refractivity contribution is 7.92. The summed E-state index contributed by atoms with van der Waals surface area (Å²) in [4.78, 5) is 15.6. The molecule has 3 aromatic carbocycles. The van der Waals surface area contributed by atoms with Crippen molar-refractivity contribution in [3.8, 4) is 0 Å². The number of hydrogen-bond acceptors (Lipinski definition) is 4. The second-order valence-corrected chi connectivity index (χ2v) is 12.1. The van der Waals surface area contributed by atoms with Crippen LogP contribution in [0.5, 0.6) is 0 Å². The Morgan fingerprint density at radius 1 is 1.00 bits per heavy atom. The first-order valence-corrected chi connectivity index (χ1v) is 14.5. The Labute approximate surface area is 229 Å². The molecule has 1 unspecified atom stereocenters. The zero-order chi connectivity index (χ0) is 26.6. The van der Waals surface area contributed by atoms with Crippen LogP contribution in [0.4, 0.5) is 11.4 Å². The maximum Gasteiger partial charge on any atom is 0.264 e. The van der Waals surface area contributed by atoms with E-state index in [2.05, 4.69) is 29.3 Å². The van der Waals surface area contributed by atoms with Crippen LogP contribution >= 0.6 is 23.2 Å². The van der Waals surface area contributed by atoms with E-state index in [1.54, 1.807) is 30.3 Å². The van der Waals surface area contributed by atoms with Gasteiger partial charge < -0.3 is 10.2 Å². The molecule has 1 N–H and O–H groups in total. The number of anilines is 2. The molecule has 0 aliphatic carbocycles. The van der Waals surface area contributed by atoms with Crippen LogP contribution in [-0.2, 0) is 14.8 Å². The lowest BCUT2D eigenvalue weighted by Crippen LogP contribution is -2.41. The molecule has 0 saturated carbocycles. The van der Waals surface area contributed by atoms with Gasteiger partial charge in [-0.3, -0.25) is 9.10 Å². The van der Waals surface area contributed by atoms with Crippen LogP contribution in [0.2, 0.25) is 10.0 Å². The molecule has 1 aliphatic heterocycles. The standard InChI is InChI=1S/C28H31Cl2N3O3S/c1-20-15-17-32(18-16-20)23-13-11-22(12-14-23)21(2)31-27(34)19-33(26-10-6-9-25(29)28(26)30)37(35,36)24-7-4-3-5-8-24/h3-14,20-21H,15-19H2,1-2H3,(H,31,34). The number of benzene rings is 3. The van der Waals surface area contributed by atoms with Gasteiger partial charge in [-0.2, -0.15) is 0 Å². The highest BCUT2D eigenvalue weighted by Gasteiger charge is 2.29. The summed E-state index contributed by atoms with van der Waals surface area (Å²) in [7, 11) is -4.09. The van der Waals surface area contributed by atoms with Crippen LogP contribution in [0.3, 0.4) is 0 Å². The lowest BCUT2D eigenvalue weighted by molar-refractivity contribution is -0.120. The number of piperidine rings is 1. The van der Waals surface area contributed by atoms with Gasteiger partial charge in [-0.25, -0.2) is 8.42 Å². The Kier molecular flexibility index (Phi) is 8.67. The minimum Gasteiger partial charge on any atom is -0.372 e. The molecule has 0 bridgehead atoms. The first-order valence-electron chi connectivity index (χ1n) is 12.3. The van der Waals surface area contributed by atoms with Crippen molar-refractivity contribution in [2.45, 2.75) is 37.6 Å². The summed E-state index contributed by atoms with van der Waals surface area (Å²) in [5.74, 6) is 0.301. The second kappa shape index (κ2) is 11.8. The molecular weight excluding hydrogens is 529 g/mol. The van der Waals surface area contributed by atoms with E-state index in [-0.39, 0.29) is 26.7 Å². The molecule has 0 radical (unpaired) electrons. The second-order valence-electron chi connectivity index (χ2n) is 9.45. The van der Waals surface area contributed by atoms with E-state index in [0.717, 1.165) is 28.9 Å². The van der Waals surface area contributed by atoms with Crippen molar-refractivity contribution in [2.24, 2.45) is 5.92 Å². The van der Waals surface area contributed by atoms with Gasteiger partial charge in [0.05, 0.1) is 26.7 Å². The van der Waals surface area contributed by atoms with Crippen molar-refractivity contribution in [3.05, 3.63) is 88.4 Å². The zero-order valence-electron chi connectivity index (χ0n) is 20.9. The normalized spacial score (nSPS) is 15.3. The van der Waals surface area contributed by atoms with Gasteiger partial charge in [0, 0.05) is 18.8 Å². The fourth-order valence-electron chi connectivity index (χ4n) is 4.45. The molecule has 1 atom stereocenters. The van der Waals surface area contributed by atoms with Gasteiger partial charge >= 0.3 is 0 Å². The molecule has 37 heavy (non-hydrogen) atoms. The Morgan fingerprint density at radius 2 is 1.65 bits per heavy atom. The van der Waals surface area contributed by atoms with Crippen molar-refractivity contribution >= 4 is 50.5 Å². The van der Waals surface area contributed by atoms with Crippen molar-refractivity contribution in [1.82, 2.24) is 5.32 Å². The van der Waals surface area contributed by atoms with Crippen molar-refractivity contribution in [2.75, 3.05) is 28.8 Å². The van der Waals surface area contributed by atoms with E-state index < -0.39 is 22.5 Å². The number of nitrogens with one attached hydrogen (secondary N) is 1. The lowest BCUT2D eigenvalue weighted by Gasteiger charge is -2.32. The Hall–Kier alpha value is -2.74. The van der Waals surface area contributed by atoms with Gasteiger partial charge in [-0.1, -0.05) is 66.5 Å². The van der Waals surface area contributed by atoms with Crippen LogP contribution in [0.25, 0.3) is 0 Å². The summed E-state index contributed by atoms with van der Waals surface area (Å²) >= 11 is 12.6. The van der Waals surface area contributed by atoms with E-state index >= 15 is 0 Å². The first kappa shape index (κ1) is 27.3. The SMILES string of the molecule is CC1CCN(c2ccc(C(C)NC(=O)CN(c3cccc(Cl)c3Cl)S(=O)(=O)c3ccccc3)cc2)CC1. The monoisotopic (exact) mass is 559 g/mol. The third kappa shape index (κ3) is 6.40. The highest BCUT2D eigenvalue weighted by atomic mass is 35.5. The summed E-state index contributed by atoms with van der Waals surface area (Å²) in [6.07, 6.45) is 2.38. The van der Waals surface area contributed by atoms with E-state index in [0.29, 0.717) is 0 Å². The van der Waals surface area contributed by atoms with Crippen LogP contribution in [0.1, 0.15) is 38.3 Å². The number of carbonyl (C=O) groups is 1. The number of nitrogens with zero attached hydrogens (tertiary/aromatic N) is 2. The van der Waals surface area contributed by atoms with Crippen LogP contribution in [-0.4, -0.2) is 34.0 Å². The third-order valence-corrected chi connectivity index (χ3v) is 9.32. The largest absolute Gasteiger partial charge is 0.372 e. The third-order valence-electron chi connectivity index (χ3n) is 6.74. The van der Waals surface area contributed by atoms with Crippen LogP contribution in [0.15, 0.2) is 77.7 Å². The van der Waals surface area contributed by atoms with Gasteiger partial charge in [-0.15, -0.1) is 0 Å². The zero-order valence-corrected chi connectivity index (χ0v) is 23.2. The number of carbonyl (C=O) groups excluding carboxylic acids is 1. The van der Waals surface area contributed by atoms with Gasteiger partial charge in [-0.05, 0) is 67.6 Å². The molecule has 0 spiro atoms. The van der Waals surface area contributed by atoms with Crippen molar-refractivity contribution in [3.63, 3.8) is 0 Å². The van der Waals surface area contributed by atoms with Gasteiger partial charge in [0.15, 0.2) is 0 Å². The molecule has 196 valence electrons. The maximum atomic E-state index is 13.5. The topological polar surface area (TPSA) is 69.7 Å². The van der Waals surface area contributed by atoms with E-state index in [9.17, 15) is 13.2 Å². The molecule has 1 fully saturated rings. The summed E-state index contributed by atoms with van der Waals surface area (Å²) in [5.41, 5.74) is 2.24. The Balaban J connectivity index is 1.51. The summed E-state index contributed by atoms with van der Waals surface area (Å²) in [6, 6.07) is 20.5. The molecular formula is C28H31Cl2N3O3S. The van der Waals surface area contributed by atoms with E-state index in [1.165, 1.54) is 36.7 Å². The summed E-state index contributed by atoms with van der Waals surface area (Å²) < 4.78 is 28.1. The quantitative estimate of drug-likeness (QED) is 0.351. The van der Waals surface area contributed by atoms with Gasteiger partial charge in [0.2, 0.25) is 5.91 Å². The van der Waals surface area contributed by atoms with Crippen LogP contribution in [0, 0.1) is 5.92 Å². The van der Waals surface area contributed by atoms with Crippen molar-refractivity contribution in [1.29, 1.82) is 0 Å². The lowest BCUT2D eigenvalue weighted by atomic mass is 9.98. The van der Waals surface area contributed by atoms with Gasteiger partial charge in [0.1, 0.15) is 6.54 Å². The average Bonchev–Trinajstić information content (AvgIpc) is 2.90.